The van der Waals surface area contributed by atoms with Crippen LogP contribution in [0.3, 0.4) is 0 Å². The number of nitrogens with zero attached hydrogens (tertiary/aromatic N) is 1. The first kappa shape index (κ1) is 13.8. The average molecular weight is 330 g/mol. The fourth-order valence-corrected chi connectivity index (χ4v) is 2.71. The Morgan fingerprint density at radius 1 is 1.20 bits per heavy atom. The van der Waals surface area contributed by atoms with E-state index in [1.54, 1.807) is 6.07 Å². The Hall–Kier alpha value is -1.16. The predicted molar refractivity (Wildman–Crippen MR) is 82.3 cm³/mol. The van der Waals surface area contributed by atoms with Crippen LogP contribution in [0, 0.1) is 0 Å². The van der Waals surface area contributed by atoms with E-state index in [1.807, 2.05) is 18.2 Å². The molecule has 0 radical (unpaired) electrons. The Labute approximate surface area is 131 Å². The predicted octanol–water partition coefficient (Wildman–Crippen LogP) is 4.46. The van der Waals surface area contributed by atoms with Gasteiger partial charge in [0.2, 0.25) is 0 Å². The number of hydrogen-bond donors (Lipinski definition) is 1. The molecule has 20 heavy (non-hydrogen) atoms. The summed E-state index contributed by atoms with van der Waals surface area (Å²) in [6, 6.07) is 9.59. The van der Waals surface area contributed by atoms with Crippen LogP contribution in [0.1, 0.15) is 5.56 Å². The summed E-state index contributed by atoms with van der Waals surface area (Å²) in [7, 11) is 0. The third-order valence-corrected chi connectivity index (χ3v) is 4.06. The van der Waals surface area contributed by atoms with Crippen molar-refractivity contribution in [2.45, 2.75) is 12.5 Å². The molecule has 2 heterocycles. The maximum atomic E-state index is 6.07. The zero-order valence-electron chi connectivity index (χ0n) is 10.4. The van der Waals surface area contributed by atoms with E-state index in [2.05, 4.69) is 16.4 Å². The Morgan fingerprint density at radius 3 is 2.80 bits per heavy atom. The number of nitrogens with one attached hydrogen (secondary N) is 1. The quantitative estimate of drug-likeness (QED) is 0.844. The number of fused-ring (bicyclic) bond motifs is 1. The summed E-state index contributed by atoms with van der Waals surface area (Å²) in [6.07, 6.45) is 0.919. The molecule has 1 aromatic carbocycles. The zero-order chi connectivity index (χ0) is 14.1. The van der Waals surface area contributed by atoms with E-state index in [0.717, 1.165) is 12.2 Å². The lowest BCUT2D eigenvalue weighted by Crippen LogP contribution is -2.24. The normalized spacial score (nSPS) is 16.6. The van der Waals surface area contributed by atoms with Gasteiger partial charge in [-0.2, -0.15) is 0 Å². The first-order valence-electron chi connectivity index (χ1n) is 6.13. The van der Waals surface area contributed by atoms with Gasteiger partial charge in [0.05, 0.1) is 16.6 Å². The molecular weight excluding hydrogens is 319 g/mol. The molecule has 1 unspecified atom stereocenters. The fraction of sp³-hybridized carbons (Fsp3) is 0.214. The summed E-state index contributed by atoms with van der Waals surface area (Å²) in [5.41, 5.74) is 1.22. The standard InChI is InChI=1S/C14H11Cl3N2O/c15-10-6-11(16)14(19-13(10)17)18-7-9-5-8-3-1-2-4-12(8)20-9/h1-4,6,9H,5,7H2,(H,18,19). The molecule has 6 heteroatoms. The SMILES string of the molecule is Clc1cc(Cl)c(NCC2Cc3ccccc3O2)nc1Cl. The molecule has 1 N–H and O–H groups in total. The van der Waals surface area contributed by atoms with Gasteiger partial charge < -0.3 is 10.1 Å². The van der Waals surface area contributed by atoms with Crippen molar-refractivity contribution in [2.24, 2.45) is 0 Å². The Morgan fingerprint density at radius 2 is 2.00 bits per heavy atom. The topological polar surface area (TPSA) is 34.1 Å². The summed E-state index contributed by atoms with van der Waals surface area (Å²) in [6.45, 7) is 0.597. The minimum absolute atomic E-state index is 0.0553. The number of anilines is 1. The molecule has 0 bridgehead atoms. The van der Waals surface area contributed by atoms with Crippen LogP contribution < -0.4 is 10.1 Å². The van der Waals surface area contributed by atoms with Gasteiger partial charge in [0.1, 0.15) is 22.8 Å². The molecule has 1 aliphatic heterocycles. The van der Waals surface area contributed by atoms with Gasteiger partial charge in [-0.1, -0.05) is 53.0 Å². The minimum Gasteiger partial charge on any atom is -0.488 e. The second-order valence-corrected chi connectivity index (χ2v) is 5.70. The van der Waals surface area contributed by atoms with Gasteiger partial charge in [-0.05, 0) is 17.7 Å². The molecule has 0 saturated heterocycles. The van der Waals surface area contributed by atoms with Gasteiger partial charge in [0.25, 0.3) is 0 Å². The molecule has 1 aliphatic rings. The van der Waals surface area contributed by atoms with Crippen molar-refractivity contribution < 1.29 is 4.74 Å². The molecule has 3 nitrogen and oxygen atoms in total. The molecule has 0 fully saturated rings. The Balaban J connectivity index is 1.66. The maximum Gasteiger partial charge on any atom is 0.150 e. The number of aromatic nitrogens is 1. The van der Waals surface area contributed by atoms with Crippen LogP contribution in [0.4, 0.5) is 5.82 Å². The van der Waals surface area contributed by atoms with Crippen molar-refractivity contribution >= 4 is 40.6 Å². The average Bonchev–Trinajstić information content (AvgIpc) is 2.84. The lowest BCUT2D eigenvalue weighted by molar-refractivity contribution is 0.246. The van der Waals surface area contributed by atoms with Crippen LogP contribution >= 0.6 is 34.8 Å². The molecular formula is C14H11Cl3N2O. The first-order valence-corrected chi connectivity index (χ1v) is 7.27. The van der Waals surface area contributed by atoms with Crippen molar-refractivity contribution in [1.82, 2.24) is 4.98 Å². The van der Waals surface area contributed by atoms with E-state index < -0.39 is 0 Å². The summed E-state index contributed by atoms with van der Waals surface area (Å²) in [5.74, 6) is 1.45. The number of benzene rings is 1. The van der Waals surface area contributed by atoms with Gasteiger partial charge in [0, 0.05) is 6.42 Å². The van der Waals surface area contributed by atoms with Gasteiger partial charge >= 0.3 is 0 Å². The van der Waals surface area contributed by atoms with Crippen LogP contribution in [0.15, 0.2) is 30.3 Å². The molecule has 0 saturated carbocycles. The van der Waals surface area contributed by atoms with Crippen LogP contribution in [0.5, 0.6) is 5.75 Å². The first-order chi connectivity index (χ1) is 9.63. The van der Waals surface area contributed by atoms with Crippen molar-refractivity contribution in [3.8, 4) is 5.75 Å². The highest BCUT2D eigenvalue weighted by Crippen LogP contribution is 2.30. The second-order valence-electron chi connectivity index (χ2n) is 4.52. The molecule has 1 aromatic heterocycles. The van der Waals surface area contributed by atoms with E-state index in [4.69, 9.17) is 39.5 Å². The minimum atomic E-state index is 0.0553. The van der Waals surface area contributed by atoms with Crippen molar-refractivity contribution in [3.05, 3.63) is 51.1 Å². The summed E-state index contributed by atoms with van der Waals surface area (Å²) >= 11 is 17.8. The number of hydrogen-bond acceptors (Lipinski definition) is 3. The number of rotatable bonds is 3. The third kappa shape index (κ3) is 2.80. The Kier molecular flexibility index (Phi) is 3.92. The molecule has 0 spiro atoms. The Bertz CT molecular complexity index is 623. The summed E-state index contributed by atoms with van der Waals surface area (Å²) in [5, 5.41) is 4.16. The van der Waals surface area contributed by atoms with Crippen molar-refractivity contribution in [3.63, 3.8) is 0 Å². The molecule has 0 amide bonds. The van der Waals surface area contributed by atoms with E-state index in [-0.39, 0.29) is 11.3 Å². The number of ether oxygens (including phenoxy) is 1. The highest BCUT2D eigenvalue weighted by atomic mass is 35.5. The van der Waals surface area contributed by atoms with Crippen LogP contribution in [0.2, 0.25) is 15.2 Å². The van der Waals surface area contributed by atoms with Gasteiger partial charge in [0.15, 0.2) is 0 Å². The van der Waals surface area contributed by atoms with Crippen LogP contribution in [0.25, 0.3) is 0 Å². The maximum absolute atomic E-state index is 6.07. The number of para-hydroxylation sites is 1. The fourth-order valence-electron chi connectivity index (χ4n) is 2.15. The van der Waals surface area contributed by atoms with Gasteiger partial charge in [-0.3, -0.25) is 0 Å². The molecule has 2 aromatic rings. The van der Waals surface area contributed by atoms with Gasteiger partial charge in [-0.25, -0.2) is 4.98 Å². The van der Waals surface area contributed by atoms with Gasteiger partial charge in [-0.15, -0.1) is 0 Å². The molecule has 3 rings (SSSR count). The van der Waals surface area contributed by atoms with E-state index in [1.165, 1.54) is 5.56 Å². The smallest absolute Gasteiger partial charge is 0.150 e. The largest absolute Gasteiger partial charge is 0.488 e. The summed E-state index contributed by atoms with van der Waals surface area (Å²) in [4.78, 5) is 4.12. The second kappa shape index (κ2) is 5.68. The monoisotopic (exact) mass is 328 g/mol. The summed E-state index contributed by atoms with van der Waals surface area (Å²) < 4.78 is 5.83. The van der Waals surface area contributed by atoms with Crippen LogP contribution in [-0.2, 0) is 6.42 Å². The molecule has 1 atom stereocenters. The number of pyridine rings is 1. The van der Waals surface area contributed by atoms with Crippen LogP contribution in [-0.4, -0.2) is 17.6 Å². The van der Waals surface area contributed by atoms with E-state index in [0.29, 0.717) is 22.4 Å². The highest BCUT2D eigenvalue weighted by molar-refractivity contribution is 6.42. The lowest BCUT2D eigenvalue weighted by atomic mass is 10.1. The van der Waals surface area contributed by atoms with E-state index >= 15 is 0 Å². The number of halogens is 3. The lowest BCUT2D eigenvalue weighted by Gasteiger charge is -2.13. The molecule has 104 valence electrons. The van der Waals surface area contributed by atoms with E-state index in [9.17, 15) is 0 Å². The zero-order valence-corrected chi connectivity index (χ0v) is 12.6. The van der Waals surface area contributed by atoms with Crippen molar-refractivity contribution in [2.75, 3.05) is 11.9 Å². The highest BCUT2D eigenvalue weighted by Gasteiger charge is 2.22. The van der Waals surface area contributed by atoms with Crippen molar-refractivity contribution in [1.29, 1.82) is 0 Å². The molecule has 0 aliphatic carbocycles. The third-order valence-electron chi connectivity index (χ3n) is 3.10.